The molecule has 0 saturated carbocycles. The van der Waals surface area contributed by atoms with E-state index in [1.807, 2.05) is 0 Å². The monoisotopic (exact) mass is 416 g/mol. The minimum absolute atomic E-state index is 0.00529. The van der Waals surface area contributed by atoms with Gasteiger partial charge in [-0.15, -0.1) is 0 Å². The van der Waals surface area contributed by atoms with Crippen LogP contribution >= 0.6 is 23.2 Å². The van der Waals surface area contributed by atoms with E-state index in [1.54, 1.807) is 19.1 Å². The van der Waals surface area contributed by atoms with Crippen molar-refractivity contribution in [2.24, 2.45) is 0 Å². The second kappa shape index (κ2) is 9.53. The molecule has 0 aliphatic rings. The molecule has 9 heteroatoms. The van der Waals surface area contributed by atoms with Gasteiger partial charge in [0.05, 0.1) is 23.2 Å². The molecule has 2 amide bonds. The number of amides is 2. The highest BCUT2D eigenvalue weighted by atomic mass is 35.5. The first-order valence-corrected chi connectivity index (χ1v) is 8.59. The van der Waals surface area contributed by atoms with Gasteiger partial charge in [-0.1, -0.05) is 35.3 Å². The number of benzene rings is 2. The zero-order chi connectivity index (χ0) is 20.0. The Morgan fingerprint density at radius 1 is 1.15 bits per heavy atom. The molecule has 2 rings (SSSR count). The topological polar surface area (TPSA) is 67.4 Å². The summed E-state index contributed by atoms with van der Waals surface area (Å²) in [4.78, 5) is 24.1. The summed E-state index contributed by atoms with van der Waals surface area (Å²) in [6.07, 6.45) is 0. The highest BCUT2D eigenvalue weighted by molar-refractivity contribution is 6.36. The third-order valence-corrected chi connectivity index (χ3v) is 4.09. The van der Waals surface area contributed by atoms with Crippen LogP contribution in [0, 0.1) is 0 Å². The summed E-state index contributed by atoms with van der Waals surface area (Å²) < 4.78 is 28.9. The third-order valence-electron chi connectivity index (χ3n) is 3.55. The molecule has 0 aliphatic carbocycles. The predicted octanol–water partition coefficient (Wildman–Crippen LogP) is 4.20. The van der Waals surface area contributed by atoms with Gasteiger partial charge in [0.2, 0.25) is 5.91 Å². The summed E-state index contributed by atoms with van der Waals surface area (Å²) in [6, 6.07) is 9.91. The molecule has 2 aromatic carbocycles. The van der Waals surface area contributed by atoms with Gasteiger partial charge in [0.15, 0.2) is 0 Å². The number of carbonyl (C=O) groups is 2. The SMILES string of the molecule is C[C@@H](NC(=O)CNC(=O)c1ccc(Cl)cc1Cl)c1cccc(OC(F)F)c1. The Kier molecular flexibility index (Phi) is 7.38. The zero-order valence-corrected chi connectivity index (χ0v) is 15.7. The minimum Gasteiger partial charge on any atom is -0.435 e. The van der Waals surface area contributed by atoms with Gasteiger partial charge in [-0.2, -0.15) is 8.78 Å². The van der Waals surface area contributed by atoms with E-state index in [9.17, 15) is 18.4 Å². The number of nitrogens with one attached hydrogen (secondary N) is 2. The van der Waals surface area contributed by atoms with Crippen molar-refractivity contribution in [2.75, 3.05) is 6.54 Å². The summed E-state index contributed by atoms with van der Waals surface area (Å²) in [5.41, 5.74) is 0.771. The van der Waals surface area contributed by atoms with Crippen molar-refractivity contribution in [3.8, 4) is 5.75 Å². The lowest BCUT2D eigenvalue weighted by Gasteiger charge is -2.16. The largest absolute Gasteiger partial charge is 0.435 e. The van der Waals surface area contributed by atoms with E-state index in [4.69, 9.17) is 23.2 Å². The molecule has 2 aromatic rings. The number of halogens is 4. The Morgan fingerprint density at radius 2 is 1.89 bits per heavy atom. The summed E-state index contributed by atoms with van der Waals surface area (Å²) in [7, 11) is 0. The van der Waals surface area contributed by atoms with Crippen LogP contribution in [-0.4, -0.2) is 25.0 Å². The van der Waals surface area contributed by atoms with E-state index in [1.165, 1.54) is 30.3 Å². The van der Waals surface area contributed by atoms with Crippen LogP contribution in [0.3, 0.4) is 0 Å². The molecule has 0 fully saturated rings. The summed E-state index contributed by atoms with van der Waals surface area (Å²) in [6.45, 7) is -1.54. The molecular weight excluding hydrogens is 401 g/mol. The van der Waals surface area contributed by atoms with E-state index in [0.29, 0.717) is 10.6 Å². The van der Waals surface area contributed by atoms with Gasteiger partial charge < -0.3 is 15.4 Å². The lowest BCUT2D eigenvalue weighted by Crippen LogP contribution is -2.38. The van der Waals surface area contributed by atoms with Crippen molar-refractivity contribution in [2.45, 2.75) is 19.6 Å². The molecular formula is C18H16Cl2F2N2O3. The maximum absolute atomic E-state index is 12.3. The van der Waals surface area contributed by atoms with Gasteiger partial charge in [-0.25, -0.2) is 0 Å². The van der Waals surface area contributed by atoms with Gasteiger partial charge in [0.1, 0.15) is 5.75 Å². The van der Waals surface area contributed by atoms with Crippen LogP contribution in [0.25, 0.3) is 0 Å². The van der Waals surface area contributed by atoms with Crippen molar-refractivity contribution >= 4 is 35.0 Å². The van der Waals surface area contributed by atoms with Gasteiger partial charge >= 0.3 is 6.61 Å². The molecule has 2 N–H and O–H groups in total. The van der Waals surface area contributed by atoms with Crippen molar-refractivity contribution in [1.82, 2.24) is 10.6 Å². The van der Waals surface area contributed by atoms with Gasteiger partial charge in [-0.05, 0) is 42.8 Å². The van der Waals surface area contributed by atoms with Gasteiger partial charge in [0.25, 0.3) is 5.91 Å². The highest BCUT2D eigenvalue weighted by Gasteiger charge is 2.15. The first-order chi connectivity index (χ1) is 12.8. The fourth-order valence-corrected chi connectivity index (χ4v) is 2.76. The average Bonchev–Trinajstić information content (AvgIpc) is 2.59. The molecule has 0 aliphatic heterocycles. The number of hydrogen-bond donors (Lipinski definition) is 2. The van der Waals surface area contributed by atoms with Gasteiger partial charge in [0, 0.05) is 5.02 Å². The Bertz CT molecular complexity index is 834. The first-order valence-electron chi connectivity index (χ1n) is 7.83. The van der Waals surface area contributed by atoms with E-state index < -0.39 is 24.5 Å². The van der Waals surface area contributed by atoms with Crippen molar-refractivity contribution in [3.05, 3.63) is 63.6 Å². The summed E-state index contributed by atoms with van der Waals surface area (Å²) >= 11 is 11.7. The number of carbonyl (C=O) groups excluding carboxylic acids is 2. The maximum atomic E-state index is 12.3. The summed E-state index contributed by atoms with van der Waals surface area (Å²) in [5.74, 6) is -0.984. The molecule has 0 spiro atoms. The molecule has 144 valence electrons. The Hall–Kier alpha value is -2.38. The van der Waals surface area contributed by atoms with Crippen LogP contribution < -0.4 is 15.4 Å². The molecule has 0 radical (unpaired) electrons. The van der Waals surface area contributed by atoms with E-state index in [-0.39, 0.29) is 22.9 Å². The Balaban J connectivity index is 1.90. The second-order valence-electron chi connectivity index (χ2n) is 5.55. The number of ether oxygens (including phenoxy) is 1. The maximum Gasteiger partial charge on any atom is 0.387 e. The normalized spacial score (nSPS) is 11.8. The summed E-state index contributed by atoms with van der Waals surface area (Å²) in [5, 5.41) is 5.67. The molecule has 5 nitrogen and oxygen atoms in total. The predicted molar refractivity (Wildman–Crippen MR) is 98.4 cm³/mol. The minimum atomic E-state index is -2.93. The fourth-order valence-electron chi connectivity index (χ4n) is 2.27. The van der Waals surface area contributed by atoms with Crippen LogP contribution in [0.5, 0.6) is 5.75 Å². The lowest BCUT2D eigenvalue weighted by molar-refractivity contribution is -0.120. The van der Waals surface area contributed by atoms with Crippen LogP contribution in [0.4, 0.5) is 8.78 Å². The van der Waals surface area contributed by atoms with Crippen molar-refractivity contribution < 1.29 is 23.1 Å². The van der Waals surface area contributed by atoms with E-state index in [0.717, 1.165) is 0 Å². The number of rotatable bonds is 7. The van der Waals surface area contributed by atoms with Crippen LogP contribution in [0.15, 0.2) is 42.5 Å². The molecule has 0 unspecified atom stereocenters. The van der Waals surface area contributed by atoms with Gasteiger partial charge in [-0.3, -0.25) is 9.59 Å². The fraction of sp³-hybridized carbons (Fsp3) is 0.222. The first kappa shape index (κ1) is 20.9. The van der Waals surface area contributed by atoms with E-state index >= 15 is 0 Å². The van der Waals surface area contributed by atoms with Crippen LogP contribution in [0.1, 0.15) is 28.9 Å². The third kappa shape index (κ3) is 6.37. The van der Waals surface area contributed by atoms with Crippen LogP contribution in [-0.2, 0) is 4.79 Å². The van der Waals surface area contributed by atoms with E-state index in [2.05, 4.69) is 15.4 Å². The Morgan fingerprint density at radius 3 is 2.56 bits per heavy atom. The number of alkyl halides is 2. The molecule has 1 atom stereocenters. The Labute approximate surface area is 164 Å². The molecule has 27 heavy (non-hydrogen) atoms. The quantitative estimate of drug-likeness (QED) is 0.710. The van der Waals surface area contributed by atoms with Crippen molar-refractivity contribution in [3.63, 3.8) is 0 Å². The average molecular weight is 417 g/mol. The smallest absolute Gasteiger partial charge is 0.387 e. The molecule has 0 bridgehead atoms. The van der Waals surface area contributed by atoms with Crippen LogP contribution in [0.2, 0.25) is 10.0 Å². The lowest BCUT2D eigenvalue weighted by atomic mass is 10.1. The second-order valence-corrected chi connectivity index (χ2v) is 6.39. The zero-order valence-electron chi connectivity index (χ0n) is 14.1. The molecule has 0 heterocycles. The molecule has 0 saturated heterocycles. The molecule has 0 aromatic heterocycles. The standard InChI is InChI=1S/C18H16Cl2F2N2O3/c1-10(11-3-2-4-13(7-11)27-18(21)22)24-16(25)9-23-17(26)14-6-5-12(19)8-15(14)20/h2-8,10,18H,9H2,1H3,(H,23,26)(H,24,25)/t10-/m1/s1. The van der Waals surface area contributed by atoms with Crippen molar-refractivity contribution in [1.29, 1.82) is 0 Å². The number of hydrogen-bond acceptors (Lipinski definition) is 3. The highest BCUT2D eigenvalue weighted by Crippen LogP contribution is 2.21.